The lowest BCUT2D eigenvalue weighted by Crippen LogP contribution is -2.15. The average molecular weight is 336 g/mol. The SMILES string of the molecule is Brc1cnc(NCCc2ccc3c(c2)OCCO3)nc1. The Balaban J connectivity index is 1.57. The highest BCUT2D eigenvalue weighted by atomic mass is 79.9. The summed E-state index contributed by atoms with van der Waals surface area (Å²) in [5.41, 5.74) is 1.19. The van der Waals surface area contributed by atoms with Gasteiger partial charge in [0, 0.05) is 18.9 Å². The number of benzene rings is 1. The summed E-state index contributed by atoms with van der Waals surface area (Å²) in [4.78, 5) is 8.33. The number of fused-ring (bicyclic) bond motifs is 1. The maximum absolute atomic E-state index is 5.57. The number of hydrogen-bond acceptors (Lipinski definition) is 5. The van der Waals surface area contributed by atoms with E-state index in [1.54, 1.807) is 12.4 Å². The van der Waals surface area contributed by atoms with Crippen molar-refractivity contribution in [3.63, 3.8) is 0 Å². The second-order valence-electron chi connectivity index (χ2n) is 4.38. The van der Waals surface area contributed by atoms with Crippen LogP contribution in [-0.4, -0.2) is 29.7 Å². The van der Waals surface area contributed by atoms with Crippen molar-refractivity contribution < 1.29 is 9.47 Å². The first-order chi connectivity index (χ1) is 9.81. The third-order valence-corrected chi connectivity index (χ3v) is 3.33. The molecular weight excluding hydrogens is 322 g/mol. The topological polar surface area (TPSA) is 56.3 Å². The van der Waals surface area contributed by atoms with Crippen LogP contribution in [0.15, 0.2) is 35.1 Å². The van der Waals surface area contributed by atoms with Crippen molar-refractivity contribution in [3.8, 4) is 11.5 Å². The molecule has 0 saturated carbocycles. The van der Waals surface area contributed by atoms with Crippen LogP contribution in [0.4, 0.5) is 5.95 Å². The molecule has 0 radical (unpaired) electrons. The molecule has 3 rings (SSSR count). The van der Waals surface area contributed by atoms with Gasteiger partial charge in [0.1, 0.15) is 13.2 Å². The predicted molar refractivity (Wildman–Crippen MR) is 79.4 cm³/mol. The minimum Gasteiger partial charge on any atom is -0.486 e. The molecule has 104 valence electrons. The Kier molecular flexibility index (Phi) is 4.01. The fourth-order valence-corrected chi connectivity index (χ4v) is 2.17. The second-order valence-corrected chi connectivity index (χ2v) is 5.30. The largest absolute Gasteiger partial charge is 0.486 e. The Morgan fingerprint density at radius 1 is 1.10 bits per heavy atom. The molecule has 0 atom stereocenters. The highest BCUT2D eigenvalue weighted by molar-refractivity contribution is 9.10. The van der Waals surface area contributed by atoms with E-state index in [0.717, 1.165) is 28.9 Å². The standard InChI is InChI=1S/C14H14BrN3O2/c15-11-8-17-14(18-9-11)16-4-3-10-1-2-12-13(7-10)20-6-5-19-12/h1-2,7-9H,3-6H2,(H,16,17,18). The maximum atomic E-state index is 5.57. The Hall–Kier alpha value is -1.82. The van der Waals surface area contributed by atoms with Crippen LogP contribution in [0.5, 0.6) is 11.5 Å². The molecular formula is C14H14BrN3O2. The first-order valence-corrected chi connectivity index (χ1v) is 7.20. The van der Waals surface area contributed by atoms with E-state index in [1.807, 2.05) is 12.1 Å². The number of rotatable bonds is 4. The van der Waals surface area contributed by atoms with Crippen LogP contribution in [0.1, 0.15) is 5.56 Å². The number of ether oxygens (including phenoxy) is 2. The zero-order valence-electron chi connectivity index (χ0n) is 10.8. The third kappa shape index (κ3) is 3.19. The molecule has 2 heterocycles. The summed E-state index contributed by atoms with van der Waals surface area (Å²) in [6.07, 6.45) is 4.31. The first kappa shape index (κ1) is 13.2. The van der Waals surface area contributed by atoms with Gasteiger partial charge in [0.15, 0.2) is 11.5 Å². The predicted octanol–water partition coefficient (Wildman–Crippen LogP) is 2.66. The normalized spacial score (nSPS) is 13.1. The first-order valence-electron chi connectivity index (χ1n) is 6.41. The van der Waals surface area contributed by atoms with Crippen LogP contribution >= 0.6 is 15.9 Å². The molecule has 1 N–H and O–H groups in total. The number of hydrogen-bond donors (Lipinski definition) is 1. The molecule has 0 amide bonds. The summed E-state index contributed by atoms with van der Waals surface area (Å²) in [5, 5.41) is 3.19. The van der Waals surface area contributed by atoms with Gasteiger partial charge >= 0.3 is 0 Å². The summed E-state index contributed by atoms with van der Waals surface area (Å²) in [7, 11) is 0. The molecule has 1 aliphatic heterocycles. The van der Waals surface area contributed by atoms with Gasteiger partial charge in [-0.1, -0.05) is 6.07 Å². The van der Waals surface area contributed by atoms with E-state index in [9.17, 15) is 0 Å². The molecule has 0 bridgehead atoms. The molecule has 0 aliphatic carbocycles. The number of anilines is 1. The lowest BCUT2D eigenvalue weighted by atomic mass is 10.1. The van der Waals surface area contributed by atoms with Crippen molar-refractivity contribution in [1.29, 1.82) is 0 Å². The van der Waals surface area contributed by atoms with Crippen molar-refractivity contribution in [3.05, 3.63) is 40.6 Å². The molecule has 0 fully saturated rings. The van der Waals surface area contributed by atoms with Crippen molar-refractivity contribution in [2.45, 2.75) is 6.42 Å². The van der Waals surface area contributed by atoms with Crippen LogP contribution < -0.4 is 14.8 Å². The smallest absolute Gasteiger partial charge is 0.222 e. The zero-order chi connectivity index (χ0) is 13.8. The van der Waals surface area contributed by atoms with E-state index in [1.165, 1.54) is 5.56 Å². The number of halogens is 1. The summed E-state index contributed by atoms with van der Waals surface area (Å²) in [5.74, 6) is 2.28. The van der Waals surface area contributed by atoms with Crippen LogP contribution in [0, 0.1) is 0 Å². The van der Waals surface area contributed by atoms with E-state index >= 15 is 0 Å². The average Bonchev–Trinajstić information content (AvgIpc) is 2.49. The lowest BCUT2D eigenvalue weighted by Gasteiger charge is -2.18. The minimum absolute atomic E-state index is 0.613. The molecule has 0 saturated heterocycles. The van der Waals surface area contributed by atoms with Crippen molar-refractivity contribution in [2.24, 2.45) is 0 Å². The van der Waals surface area contributed by atoms with Crippen LogP contribution in [0.3, 0.4) is 0 Å². The quantitative estimate of drug-likeness (QED) is 0.930. The fraction of sp³-hybridized carbons (Fsp3) is 0.286. The second kappa shape index (κ2) is 6.09. The Morgan fingerprint density at radius 2 is 1.85 bits per heavy atom. The molecule has 5 nitrogen and oxygen atoms in total. The molecule has 1 aromatic heterocycles. The Labute approximate surface area is 125 Å². The maximum Gasteiger partial charge on any atom is 0.222 e. The van der Waals surface area contributed by atoms with Crippen molar-refractivity contribution in [1.82, 2.24) is 9.97 Å². The van der Waals surface area contributed by atoms with E-state index in [2.05, 4.69) is 37.3 Å². The Morgan fingerprint density at radius 3 is 2.65 bits per heavy atom. The van der Waals surface area contributed by atoms with Gasteiger partial charge in [-0.25, -0.2) is 9.97 Å². The van der Waals surface area contributed by atoms with E-state index in [4.69, 9.17) is 9.47 Å². The summed E-state index contributed by atoms with van der Waals surface area (Å²) in [6, 6.07) is 6.04. The van der Waals surface area contributed by atoms with Crippen molar-refractivity contribution >= 4 is 21.9 Å². The van der Waals surface area contributed by atoms with Gasteiger partial charge in [-0.15, -0.1) is 0 Å². The minimum atomic E-state index is 0.613. The number of aromatic nitrogens is 2. The monoisotopic (exact) mass is 335 g/mol. The number of nitrogens with zero attached hydrogens (tertiary/aromatic N) is 2. The van der Waals surface area contributed by atoms with Crippen LogP contribution in [-0.2, 0) is 6.42 Å². The number of nitrogens with one attached hydrogen (secondary N) is 1. The third-order valence-electron chi connectivity index (χ3n) is 2.92. The lowest BCUT2D eigenvalue weighted by molar-refractivity contribution is 0.171. The van der Waals surface area contributed by atoms with E-state index in [0.29, 0.717) is 19.2 Å². The van der Waals surface area contributed by atoms with Gasteiger partial charge in [-0.3, -0.25) is 0 Å². The summed E-state index contributed by atoms with van der Waals surface area (Å²) >= 11 is 3.31. The molecule has 2 aromatic rings. The van der Waals surface area contributed by atoms with Gasteiger partial charge in [-0.2, -0.15) is 0 Å². The fourth-order valence-electron chi connectivity index (χ4n) is 1.97. The zero-order valence-corrected chi connectivity index (χ0v) is 12.4. The molecule has 20 heavy (non-hydrogen) atoms. The van der Waals surface area contributed by atoms with Crippen LogP contribution in [0.2, 0.25) is 0 Å². The Bertz CT molecular complexity index is 589. The van der Waals surface area contributed by atoms with Gasteiger partial charge in [0.2, 0.25) is 5.95 Å². The molecule has 6 heteroatoms. The van der Waals surface area contributed by atoms with Crippen LogP contribution in [0.25, 0.3) is 0 Å². The highest BCUT2D eigenvalue weighted by Gasteiger charge is 2.11. The molecule has 0 unspecified atom stereocenters. The highest BCUT2D eigenvalue weighted by Crippen LogP contribution is 2.30. The van der Waals surface area contributed by atoms with Gasteiger partial charge < -0.3 is 14.8 Å². The van der Waals surface area contributed by atoms with E-state index in [-0.39, 0.29) is 0 Å². The molecule has 0 spiro atoms. The molecule has 1 aromatic carbocycles. The van der Waals surface area contributed by atoms with Gasteiger partial charge in [0.05, 0.1) is 4.47 Å². The van der Waals surface area contributed by atoms with Gasteiger partial charge in [0.25, 0.3) is 0 Å². The molecule has 1 aliphatic rings. The van der Waals surface area contributed by atoms with Crippen molar-refractivity contribution in [2.75, 3.05) is 25.1 Å². The summed E-state index contributed by atoms with van der Waals surface area (Å²) in [6.45, 7) is 2.00. The van der Waals surface area contributed by atoms with E-state index < -0.39 is 0 Å². The summed E-state index contributed by atoms with van der Waals surface area (Å²) < 4.78 is 11.9. The van der Waals surface area contributed by atoms with Gasteiger partial charge in [-0.05, 0) is 40.0 Å².